The zero-order chi connectivity index (χ0) is 16.7. The maximum atomic E-state index is 12.2. The van der Waals surface area contributed by atoms with Crippen molar-refractivity contribution in [2.24, 2.45) is 0 Å². The molecule has 0 aromatic carbocycles. The number of nitrogens with one attached hydrogen (secondary N) is 2. The molecule has 0 saturated heterocycles. The number of thioether (sulfide) groups is 1. The summed E-state index contributed by atoms with van der Waals surface area (Å²) < 4.78 is 0.748. The highest BCUT2D eigenvalue weighted by molar-refractivity contribution is 8.02. The predicted octanol–water partition coefficient (Wildman–Crippen LogP) is 3.80. The van der Waals surface area contributed by atoms with Crippen LogP contribution in [0.5, 0.6) is 0 Å². The van der Waals surface area contributed by atoms with Gasteiger partial charge >= 0.3 is 0 Å². The number of rotatable bonds is 8. The predicted molar refractivity (Wildman–Crippen MR) is 96.3 cm³/mol. The number of carbonyl (C=O) groups excluding carboxylic acids is 1. The summed E-state index contributed by atoms with van der Waals surface area (Å²) in [6, 6.07) is 3.75. The van der Waals surface area contributed by atoms with Crippen LogP contribution in [0, 0.1) is 11.3 Å². The van der Waals surface area contributed by atoms with Crippen LogP contribution in [-0.4, -0.2) is 27.9 Å². The first kappa shape index (κ1) is 17.7. The highest BCUT2D eigenvalue weighted by Gasteiger charge is 2.18. The Hall–Kier alpha value is -1.63. The maximum absolute atomic E-state index is 12.2. The van der Waals surface area contributed by atoms with Crippen molar-refractivity contribution in [2.45, 2.75) is 36.3 Å². The minimum absolute atomic E-state index is 0.148. The molecule has 2 heterocycles. The molecule has 122 valence electrons. The Balaban J connectivity index is 1.87. The lowest BCUT2D eigenvalue weighted by Gasteiger charge is -2.08. The quantitative estimate of drug-likeness (QED) is 0.545. The Bertz CT molecular complexity index is 691. The van der Waals surface area contributed by atoms with Crippen LogP contribution in [0.3, 0.4) is 0 Å². The molecule has 0 spiro atoms. The van der Waals surface area contributed by atoms with Crippen molar-refractivity contribution in [3.8, 4) is 6.07 Å². The smallest absolute Gasteiger partial charge is 0.238 e. The molecule has 23 heavy (non-hydrogen) atoms. The van der Waals surface area contributed by atoms with Crippen LogP contribution in [-0.2, 0) is 4.79 Å². The van der Waals surface area contributed by atoms with Gasteiger partial charge in [-0.05, 0) is 24.8 Å². The summed E-state index contributed by atoms with van der Waals surface area (Å²) in [4.78, 5) is 12.2. The summed E-state index contributed by atoms with van der Waals surface area (Å²) in [6.07, 6.45) is 2.21. The van der Waals surface area contributed by atoms with Crippen LogP contribution >= 0.6 is 34.4 Å². The lowest BCUT2D eigenvalue weighted by atomic mass is 10.3. The molecule has 0 radical (unpaired) electrons. The molecule has 2 N–H and O–H groups in total. The van der Waals surface area contributed by atoms with Crippen LogP contribution in [0.1, 0.15) is 32.3 Å². The third-order valence-electron chi connectivity index (χ3n) is 2.88. The number of carbonyl (C=O) groups is 1. The van der Waals surface area contributed by atoms with Gasteiger partial charge in [0, 0.05) is 6.54 Å². The molecule has 0 bridgehead atoms. The monoisotopic (exact) mass is 367 g/mol. The molecule has 2 rings (SSSR count). The van der Waals surface area contributed by atoms with Crippen LogP contribution in [0.4, 0.5) is 10.1 Å². The Kier molecular flexibility index (Phi) is 6.83. The maximum Gasteiger partial charge on any atom is 0.238 e. The van der Waals surface area contributed by atoms with Crippen LogP contribution in [0.15, 0.2) is 15.8 Å². The summed E-state index contributed by atoms with van der Waals surface area (Å²) in [6.45, 7) is 4.82. The van der Waals surface area contributed by atoms with Gasteiger partial charge in [-0.15, -0.1) is 21.5 Å². The van der Waals surface area contributed by atoms with E-state index >= 15 is 0 Å². The number of hydrogen-bond donors (Lipinski definition) is 2. The van der Waals surface area contributed by atoms with Gasteiger partial charge in [0.15, 0.2) is 4.34 Å². The molecule has 1 atom stereocenters. The number of anilines is 2. The van der Waals surface area contributed by atoms with E-state index in [0.29, 0.717) is 10.6 Å². The van der Waals surface area contributed by atoms with E-state index in [9.17, 15) is 4.79 Å². The molecular weight excluding hydrogens is 350 g/mol. The topological polar surface area (TPSA) is 90.7 Å². The second kappa shape index (κ2) is 8.86. The summed E-state index contributed by atoms with van der Waals surface area (Å²) in [5.41, 5.74) is 0.485. The van der Waals surface area contributed by atoms with Crippen molar-refractivity contribution in [3.05, 3.63) is 17.0 Å². The van der Waals surface area contributed by atoms with Gasteiger partial charge in [0.05, 0.1) is 10.8 Å². The molecule has 0 unspecified atom stereocenters. The Labute approximate surface area is 147 Å². The Morgan fingerprint density at radius 1 is 1.52 bits per heavy atom. The first-order valence-electron chi connectivity index (χ1n) is 7.16. The summed E-state index contributed by atoms with van der Waals surface area (Å²) in [7, 11) is 0. The second-order valence-electron chi connectivity index (χ2n) is 4.68. The zero-order valence-corrected chi connectivity index (χ0v) is 15.3. The number of amides is 1. The van der Waals surface area contributed by atoms with Gasteiger partial charge in [-0.2, -0.15) is 5.26 Å². The normalized spacial score (nSPS) is 11.7. The van der Waals surface area contributed by atoms with E-state index in [2.05, 4.69) is 33.8 Å². The molecule has 0 fully saturated rings. The molecule has 2 aromatic rings. The van der Waals surface area contributed by atoms with Gasteiger partial charge in [-0.1, -0.05) is 36.4 Å². The van der Waals surface area contributed by atoms with E-state index in [-0.39, 0.29) is 11.2 Å². The number of hydrogen-bond acceptors (Lipinski definition) is 8. The fourth-order valence-corrected chi connectivity index (χ4v) is 4.28. The van der Waals surface area contributed by atoms with E-state index in [1.165, 1.54) is 34.4 Å². The molecule has 0 saturated carbocycles. The van der Waals surface area contributed by atoms with Crippen LogP contribution in [0.2, 0.25) is 0 Å². The van der Waals surface area contributed by atoms with Crippen molar-refractivity contribution in [1.82, 2.24) is 10.2 Å². The molecule has 1 amide bonds. The highest BCUT2D eigenvalue weighted by Crippen LogP contribution is 2.30. The minimum atomic E-state index is -0.319. The Morgan fingerprint density at radius 2 is 2.35 bits per heavy atom. The first-order valence-corrected chi connectivity index (χ1v) is 9.74. The van der Waals surface area contributed by atoms with Crippen LogP contribution < -0.4 is 10.6 Å². The van der Waals surface area contributed by atoms with Gasteiger partial charge < -0.3 is 10.6 Å². The van der Waals surface area contributed by atoms with Crippen molar-refractivity contribution < 1.29 is 4.79 Å². The van der Waals surface area contributed by atoms with Gasteiger partial charge in [0.2, 0.25) is 11.0 Å². The van der Waals surface area contributed by atoms with Gasteiger partial charge in [-0.25, -0.2) is 0 Å². The number of aromatic nitrogens is 2. The van der Waals surface area contributed by atoms with Crippen molar-refractivity contribution in [3.63, 3.8) is 0 Å². The lowest BCUT2D eigenvalue weighted by molar-refractivity contribution is -0.115. The van der Waals surface area contributed by atoms with Gasteiger partial charge in [0.1, 0.15) is 11.1 Å². The number of nitrogens with zero attached hydrogens (tertiary/aromatic N) is 3. The van der Waals surface area contributed by atoms with Crippen molar-refractivity contribution in [1.29, 1.82) is 5.26 Å². The molecule has 2 aromatic heterocycles. The highest BCUT2D eigenvalue weighted by atomic mass is 32.2. The fourth-order valence-electron chi connectivity index (χ4n) is 1.61. The average molecular weight is 368 g/mol. The first-order chi connectivity index (χ1) is 11.1. The Morgan fingerprint density at radius 3 is 3.09 bits per heavy atom. The molecular formula is C14H17N5OS3. The third-order valence-corrected chi connectivity index (χ3v) is 5.78. The van der Waals surface area contributed by atoms with Gasteiger partial charge in [0.25, 0.3) is 0 Å². The largest absolute Gasteiger partial charge is 0.360 e. The lowest BCUT2D eigenvalue weighted by Crippen LogP contribution is -2.22. The minimum Gasteiger partial charge on any atom is -0.360 e. The zero-order valence-electron chi connectivity index (χ0n) is 12.8. The molecule has 0 aliphatic heterocycles. The number of thiophene rings is 1. The fraction of sp³-hybridized carbons (Fsp3) is 0.429. The summed E-state index contributed by atoms with van der Waals surface area (Å²) >= 11 is 4.15. The standard InChI is InChI=1S/C14H17N5OS3/c1-3-4-6-16-13-18-19-14(23-13)22-9(2)11(20)17-12-10(8-15)5-7-21-12/h5,7,9H,3-4,6H2,1-2H3,(H,16,18)(H,17,20)/t9-/m1/s1. The van der Waals surface area contributed by atoms with E-state index in [1.807, 2.05) is 6.92 Å². The van der Waals surface area contributed by atoms with E-state index in [4.69, 9.17) is 5.26 Å². The number of nitriles is 1. The summed E-state index contributed by atoms with van der Waals surface area (Å²) in [5, 5.41) is 25.9. The molecule has 9 heteroatoms. The second-order valence-corrected chi connectivity index (χ2v) is 8.16. The molecule has 0 aliphatic carbocycles. The third kappa shape index (κ3) is 5.20. The summed E-state index contributed by atoms with van der Waals surface area (Å²) in [5.74, 6) is -0.148. The van der Waals surface area contributed by atoms with Crippen LogP contribution in [0.25, 0.3) is 0 Å². The average Bonchev–Trinajstić information content (AvgIpc) is 3.16. The SMILES string of the molecule is CCCCNc1nnc(S[C@H](C)C(=O)Nc2sccc2C#N)s1. The van der Waals surface area contributed by atoms with Crippen molar-refractivity contribution in [2.75, 3.05) is 17.2 Å². The van der Waals surface area contributed by atoms with Gasteiger partial charge in [-0.3, -0.25) is 4.79 Å². The van der Waals surface area contributed by atoms with E-state index in [1.54, 1.807) is 11.4 Å². The molecule has 0 aliphatic rings. The van der Waals surface area contributed by atoms with Crippen molar-refractivity contribution >= 4 is 50.5 Å². The van der Waals surface area contributed by atoms with E-state index < -0.39 is 0 Å². The molecule has 6 nitrogen and oxygen atoms in total. The van der Waals surface area contributed by atoms with E-state index in [0.717, 1.165) is 28.9 Å². The number of unbranched alkanes of at least 4 members (excludes halogenated alkanes) is 1.